The van der Waals surface area contributed by atoms with Gasteiger partial charge in [0, 0.05) is 28.6 Å². The molecule has 2 unspecified atom stereocenters. The number of thioether (sulfide) groups is 2. The molecule has 0 bridgehead atoms. The van der Waals surface area contributed by atoms with Crippen molar-refractivity contribution in [3.05, 3.63) is 34.6 Å². The van der Waals surface area contributed by atoms with Gasteiger partial charge in [-0.15, -0.1) is 0 Å². The molecule has 0 aromatic heterocycles. The lowest BCUT2D eigenvalue weighted by atomic mass is 10.0. The van der Waals surface area contributed by atoms with Crippen molar-refractivity contribution in [1.82, 2.24) is 0 Å². The predicted molar refractivity (Wildman–Crippen MR) is 76.7 cm³/mol. The topological polar surface area (TPSA) is 26.0 Å². The Morgan fingerprint density at radius 2 is 2.29 bits per heavy atom. The second-order valence-corrected chi connectivity index (χ2v) is 6.94. The third-order valence-electron chi connectivity index (χ3n) is 2.81. The van der Waals surface area contributed by atoms with Gasteiger partial charge in [-0.05, 0) is 18.1 Å². The average Bonchev–Trinajstić information content (AvgIpc) is 2.36. The van der Waals surface area contributed by atoms with E-state index in [9.17, 15) is 4.39 Å². The zero-order chi connectivity index (χ0) is 12.3. The van der Waals surface area contributed by atoms with E-state index >= 15 is 0 Å². The van der Waals surface area contributed by atoms with Crippen LogP contribution in [-0.2, 0) is 6.42 Å². The minimum atomic E-state index is -0.359. The van der Waals surface area contributed by atoms with Crippen molar-refractivity contribution in [3.63, 3.8) is 0 Å². The van der Waals surface area contributed by atoms with Crippen molar-refractivity contribution in [2.75, 3.05) is 17.3 Å². The first-order chi connectivity index (χ1) is 8.18. The largest absolute Gasteiger partial charge is 0.326 e. The van der Waals surface area contributed by atoms with Crippen molar-refractivity contribution in [2.45, 2.75) is 17.7 Å². The molecule has 1 saturated heterocycles. The lowest BCUT2D eigenvalue weighted by molar-refractivity contribution is 0.618. The Morgan fingerprint density at radius 1 is 1.47 bits per heavy atom. The zero-order valence-electron chi connectivity index (χ0n) is 9.36. The molecule has 2 atom stereocenters. The molecule has 1 aromatic rings. The molecule has 2 N–H and O–H groups in total. The highest BCUT2D eigenvalue weighted by atomic mass is 35.5. The van der Waals surface area contributed by atoms with Crippen LogP contribution < -0.4 is 5.73 Å². The molecular weight excluding hydrogens is 277 g/mol. The van der Waals surface area contributed by atoms with E-state index in [1.165, 1.54) is 11.8 Å². The highest BCUT2D eigenvalue weighted by Crippen LogP contribution is 2.28. The Hall–Kier alpha value is 0.1000. The van der Waals surface area contributed by atoms with Gasteiger partial charge < -0.3 is 5.73 Å². The SMILES string of the molecule is NC(Cc1cccc(F)c1Cl)C1CSCCS1. The van der Waals surface area contributed by atoms with E-state index in [1.807, 2.05) is 29.6 Å². The van der Waals surface area contributed by atoms with Gasteiger partial charge in [0.05, 0.1) is 5.02 Å². The fourth-order valence-corrected chi connectivity index (χ4v) is 4.87. The van der Waals surface area contributed by atoms with E-state index in [0.717, 1.165) is 17.1 Å². The summed E-state index contributed by atoms with van der Waals surface area (Å²) in [5, 5.41) is 0.671. The van der Waals surface area contributed by atoms with Crippen molar-refractivity contribution >= 4 is 35.1 Å². The number of halogens is 2. The van der Waals surface area contributed by atoms with Crippen LogP contribution >= 0.6 is 35.1 Å². The monoisotopic (exact) mass is 291 g/mol. The fraction of sp³-hybridized carbons (Fsp3) is 0.500. The van der Waals surface area contributed by atoms with E-state index in [0.29, 0.717) is 11.7 Å². The fourth-order valence-electron chi connectivity index (χ4n) is 1.84. The predicted octanol–water partition coefficient (Wildman–Crippen LogP) is 3.20. The maximum atomic E-state index is 13.3. The first-order valence-electron chi connectivity index (χ1n) is 5.56. The van der Waals surface area contributed by atoms with Gasteiger partial charge in [-0.3, -0.25) is 0 Å². The highest BCUT2D eigenvalue weighted by Gasteiger charge is 2.22. The molecule has 1 fully saturated rings. The van der Waals surface area contributed by atoms with E-state index < -0.39 is 0 Å². The number of benzene rings is 1. The molecule has 17 heavy (non-hydrogen) atoms. The van der Waals surface area contributed by atoms with Crippen LogP contribution in [0.4, 0.5) is 4.39 Å². The van der Waals surface area contributed by atoms with E-state index in [-0.39, 0.29) is 16.9 Å². The van der Waals surface area contributed by atoms with Gasteiger partial charge in [0.1, 0.15) is 5.82 Å². The Morgan fingerprint density at radius 3 is 3.00 bits per heavy atom. The van der Waals surface area contributed by atoms with Crippen molar-refractivity contribution in [3.8, 4) is 0 Å². The Kier molecular flexibility index (Phi) is 5.03. The van der Waals surface area contributed by atoms with Crippen LogP contribution in [0.2, 0.25) is 5.02 Å². The molecule has 0 aliphatic carbocycles. The molecular formula is C12H15ClFNS2. The summed E-state index contributed by atoms with van der Waals surface area (Å²) in [6, 6.07) is 4.97. The van der Waals surface area contributed by atoms with Crippen molar-refractivity contribution in [1.29, 1.82) is 0 Å². The number of rotatable bonds is 3. The summed E-state index contributed by atoms with van der Waals surface area (Å²) < 4.78 is 13.3. The molecule has 1 heterocycles. The van der Waals surface area contributed by atoms with Crippen LogP contribution in [0.25, 0.3) is 0 Å². The smallest absolute Gasteiger partial charge is 0.142 e. The van der Waals surface area contributed by atoms with Crippen LogP contribution in [0.3, 0.4) is 0 Å². The van der Waals surface area contributed by atoms with Gasteiger partial charge in [0.25, 0.3) is 0 Å². The maximum absolute atomic E-state index is 13.3. The van der Waals surface area contributed by atoms with E-state index in [4.69, 9.17) is 17.3 Å². The van der Waals surface area contributed by atoms with Crippen molar-refractivity contribution < 1.29 is 4.39 Å². The Balaban J connectivity index is 2.01. The normalized spacial score (nSPS) is 22.4. The summed E-state index contributed by atoms with van der Waals surface area (Å²) in [5.41, 5.74) is 7.00. The standard InChI is InChI=1S/C12H15ClFNS2/c13-12-8(2-1-3-9(12)14)6-10(15)11-7-16-4-5-17-11/h1-3,10-11H,4-7,15H2. The number of hydrogen-bond acceptors (Lipinski definition) is 3. The molecule has 1 nitrogen and oxygen atoms in total. The summed E-state index contributed by atoms with van der Waals surface area (Å²) in [7, 11) is 0. The third kappa shape index (κ3) is 3.53. The summed E-state index contributed by atoms with van der Waals surface area (Å²) in [4.78, 5) is 0. The van der Waals surface area contributed by atoms with E-state index in [2.05, 4.69) is 0 Å². The molecule has 94 valence electrons. The lowest BCUT2D eigenvalue weighted by Gasteiger charge is -2.27. The highest BCUT2D eigenvalue weighted by molar-refractivity contribution is 8.06. The Bertz CT molecular complexity index is 383. The summed E-state index contributed by atoms with van der Waals surface area (Å²) in [6.07, 6.45) is 0.648. The molecule has 2 rings (SSSR count). The molecule has 5 heteroatoms. The van der Waals surface area contributed by atoms with E-state index in [1.54, 1.807) is 6.07 Å². The van der Waals surface area contributed by atoms with Gasteiger partial charge in [-0.25, -0.2) is 4.39 Å². The minimum Gasteiger partial charge on any atom is -0.326 e. The lowest BCUT2D eigenvalue weighted by Crippen LogP contribution is -2.38. The van der Waals surface area contributed by atoms with Gasteiger partial charge in [0.15, 0.2) is 0 Å². The van der Waals surface area contributed by atoms with Gasteiger partial charge in [-0.2, -0.15) is 23.5 Å². The van der Waals surface area contributed by atoms with Gasteiger partial charge >= 0.3 is 0 Å². The second kappa shape index (κ2) is 6.32. The quantitative estimate of drug-likeness (QED) is 0.926. The summed E-state index contributed by atoms with van der Waals surface area (Å²) >= 11 is 9.79. The van der Waals surface area contributed by atoms with Crippen LogP contribution in [0.1, 0.15) is 5.56 Å². The van der Waals surface area contributed by atoms with Crippen LogP contribution in [0.5, 0.6) is 0 Å². The molecule has 1 aliphatic rings. The van der Waals surface area contributed by atoms with Crippen LogP contribution in [-0.4, -0.2) is 28.6 Å². The summed E-state index contributed by atoms with van der Waals surface area (Å²) in [5.74, 6) is 3.08. The second-order valence-electron chi connectivity index (χ2n) is 4.07. The summed E-state index contributed by atoms with van der Waals surface area (Å²) in [6.45, 7) is 0. The number of hydrogen-bond donors (Lipinski definition) is 1. The van der Waals surface area contributed by atoms with Gasteiger partial charge in [0.2, 0.25) is 0 Å². The van der Waals surface area contributed by atoms with Crippen LogP contribution in [0.15, 0.2) is 18.2 Å². The molecule has 1 aliphatic heterocycles. The number of nitrogens with two attached hydrogens (primary N) is 1. The van der Waals surface area contributed by atoms with Crippen molar-refractivity contribution in [2.24, 2.45) is 5.73 Å². The molecule has 0 saturated carbocycles. The minimum absolute atomic E-state index is 0.0482. The third-order valence-corrected chi connectivity index (χ3v) is 6.17. The van der Waals surface area contributed by atoms with Gasteiger partial charge in [-0.1, -0.05) is 23.7 Å². The molecule has 0 amide bonds. The van der Waals surface area contributed by atoms with Crippen LogP contribution in [0, 0.1) is 5.82 Å². The molecule has 0 radical (unpaired) electrons. The first-order valence-corrected chi connectivity index (χ1v) is 8.14. The molecule has 1 aromatic carbocycles. The molecule has 0 spiro atoms. The first kappa shape index (κ1) is 13.5. The Labute approximate surface area is 115 Å². The average molecular weight is 292 g/mol. The zero-order valence-corrected chi connectivity index (χ0v) is 11.8. The maximum Gasteiger partial charge on any atom is 0.142 e.